The van der Waals surface area contributed by atoms with E-state index >= 15 is 0 Å². The lowest BCUT2D eigenvalue weighted by Crippen LogP contribution is -2.18. The number of hydrogen-bond acceptors (Lipinski definition) is 2. The van der Waals surface area contributed by atoms with Gasteiger partial charge in [0, 0.05) is 17.4 Å². The number of rotatable bonds is 3. The monoisotopic (exact) mass is 284 g/mol. The second-order valence-corrected chi connectivity index (χ2v) is 4.60. The smallest absolute Gasteiger partial charge is 0.123 e. The van der Waals surface area contributed by atoms with E-state index in [1.807, 2.05) is 0 Å². The summed E-state index contributed by atoms with van der Waals surface area (Å²) in [5, 5.41) is 4.08. The van der Waals surface area contributed by atoms with Crippen LogP contribution in [-0.2, 0) is 0 Å². The molecule has 0 aliphatic heterocycles. The van der Waals surface area contributed by atoms with Gasteiger partial charge in [0.15, 0.2) is 0 Å². The van der Waals surface area contributed by atoms with E-state index in [0.29, 0.717) is 15.6 Å². The molecule has 0 radical (unpaired) electrons. The quantitative estimate of drug-likeness (QED) is 0.926. The Morgan fingerprint density at radius 3 is 2.61 bits per heavy atom. The van der Waals surface area contributed by atoms with E-state index in [1.165, 1.54) is 18.2 Å². The van der Waals surface area contributed by atoms with Gasteiger partial charge < -0.3 is 5.32 Å². The molecule has 2 nitrogen and oxygen atoms in total. The highest BCUT2D eigenvalue weighted by Gasteiger charge is 2.18. The molecule has 18 heavy (non-hydrogen) atoms. The number of hydrogen-bond donors (Lipinski definition) is 1. The van der Waals surface area contributed by atoms with Crippen molar-refractivity contribution in [3.05, 3.63) is 63.6 Å². The van der Waals surface area contributed by atoms with E-state index in [2.05, 4.69) is 10.3 Å². The van der Waals surface area contributed by atoms with Crippen molar-refractivity contribution in [3.63, 3.8) is 0 Å². The number of aromatic nitrogens is 1. The first-order valence-electron chi connectivity index (χ1n) is 5.35. The molecule has 0 saturated carbocycles. The Morgan fingerprint density at radius 2 is 1.94 bits per heavy atom. The molecule has 0 fully saturated rings. The van der Waals surface area contributed by atoms with Gasteiger partial charge in [0.2, 0.25) is 0 Å². The minimum absolute atomic E-state index is 0.274. The van der Waals surface area contributed by atoms with Crippen LogP contribution in [-0.4, -0.2) is 12.0 Å². The number of nitrogens with zero attached hydrogens (tertiary/aromatic N) is 1. The Hall–Kier alpha value is -1.16. The molecule has 94 valence electrons. The fourth-order valence-electron chi connectivity index (χ4n) is 1.83. The zero-order valence-electron chi connectivity index (χ0n) is 9.62. The summed E-state index contributed by atoms with van der Waals surface area (Å²) in [6.45, 7) is 0. The van der Waals surface area contributed by atoms with Crippen molar-refractivity contribution in [3.8, 4) is 0 Å². The SMILES string of the molecule is CNC(c1ccncc1Cl)c1cc(F)ccc1Cl. The van der Waals surface area contributed by atoms with Crippen molar-refractivity contribution in [2.24, 2.45) is 0 Å². The summed E-state index contributed by atoms with van der Waals surface area (Å²) in [4.78, 5) is 3.93. The van der Waals surface area contributed by atoms with Crippen molar-refractivity contribution in [1.82, 2.24) is 10.3 Å². The van der Waals surface area contributed by atoms with E-state index in [0.717, 1.165) is 5.56 Å². The molecular formula is C13H11Cl2FN2. The predicted octanol–water partition coefficient (Wildman–Crippen LogP) is 3.84. The average Bonchev–Trinajstić information content (AvgIpc) is 2.36. The van der Waals surface area contributed by atoms with Crippen LogP contribution in [0.3, 0.4) is 0 Å². The standard InChI is InChI=1S/C13H11Cl2FN2/c1-17-13(9-4-5-18-7-12(9)15)10-6-8(16)2-3-11(10)14/h2-7,13,17H,1H3. The molecule has 0 aliphatic rings. The molecule has 1 N–H and O–H groups in total. The largest absolute Gasteiger partial charge is 0.309 e. The van der Waals surface area contributed by atoms with Crippen LogP contribution in [0.5, 0.6) is 0 Å². The first-order valence-corrected chi connectivity index (χ1v) is 6.10. The maximum absolute atomic E-state index is 13.3. The van der Waals surface area contributed by atoms with Crippen molar-refractivity contribution < 1.29 is 4.39 Å². The summed E-state index contributed by atoms with van der Waals surface area (Å²) in [5.41, 5.74) is 1.45. The van der Waals surface area contributed by atoms with Crippen molar-refractivity contribution >= 4 is 23.2 Å². The van der Waals surface area contributed by atoms with Crippen LogP contribution in [0.2, 0.25) is 10.0 Å². The van der Waals surface area contributed by atoms with Gasteiger partial charge in [-0.25, -0.2) is 4.39 Å². The first kappa shape index (κ1) is 13.3. The molecule has 0 spiro atoms. The van der Waals surface area contributed by atoms with Crippen molar-refractivity contribution in [2.75, 3.05) is 7.05 Å². The topological polar surface area (TPSA) is 24.9 Å². The summed E-state index contributed by atoms with van der Waals surface area (Å²) in [7, 11) is 1.77. The summed E-state index contributed by atoms with van der Waals surface area (Å²) in [5.74, 6) is -0.333. The van der Waals surface area contributed by atoms with Crippen LogP contribution in [0.4, 0.5) is 4.39 Å². The molecule has 1 unspecified atom stereocenters. The normalized spacial score (nSPS) is 12.4. The lowest BCUT2D eigenvalue weighted by atomic mass is 9.99. The molecule has 5 heteroatoms. The van der Waals surface area contributed by atoms with E-state index in [1.54, 1.807) is 25.5 Å². The third-order valence-electron chi connectivity index (χ3n) is 2.67. The number of benzene rings is 1. The average molecular weight is 285 g/mol. The molecule has 1 aromatic heterocycles. The van der Waals surface area contributed by atoms with Gasteiger partial charge in [-0.1, -0.05) is 23.2 Å². The lowest BCUT2D eigenvalue weighted by Gasteiger charge is -2.19. The van der Waals surface area contributed by atoms with Crippen LogP contribution in [0, 0.1) is 5.82 Å². The summed E-state index contributed by atoms with van der Waals surface area (Å²) >= 11 is 12.2. The van der Waals surface area contributed by atoms with Gasteiger partial charge in [-0.15, -0.1) is 0 Å². The number of pyridine rings is 1. The molecule has 2 aromatic rings. The second-order valence-electron chi connectivity index (χ2n) is 3.78. The Balaban J connectivity index is 2.52. The van der Waals surface area contributed by atoms with Crippen LogP contribution in [0.15, 0.2) is 36.7 Å². The molecule has 0 saturated heterocycles. The molecular weight excluding hydrogens is 274 g/mol. The Labute approximate surface area is 115 Å². The molecule has 1 heterocycles. The third-order valence-corrected chi connectivity index (χ3v) is 3.33. The summed E-state index contributed by atoms with van der Waals surface area (Å²) < 4.78 is 13.3. The van der Waals surface area contributed by atoms with Crippen molar-refractivity contribution in [1.29, 1.82) is 0 Å². The Morgan fingerprint density at radius 1 is 1.17 bits per heavy atom. The highest BCUT2D eigenvalue weighted by atomic mass is 35.5. The zero-order chi connectivity index (χ0) is 13.1. The summed E-state index contributed by atoms with van der Waals surface area (Å²) in [6.07, 6.45) is 3.19. The van der Waals surface area contributed by atoms with Crippen LogP contribution in [0.1, 0.15) is 17.2 Å². The molecule has 2 rings (SSSR count). The van der Waals surface area contributed by atoms with Gasteiger partial charge in [0.05, 0.1) is 11.1 Å². The first-order chi connectivity index (χ1) is 8.63. The fourth-order valence-corrected chi connectivity index (χ4v) is 2.29. The van der Waals surface area contributed by atoms with Gasteiger partial charge in [-0.05, 0) is 42.4 Å². The highest BCUT2D eigenvalue weighted by molar-refractivity contribution is 6.32. The van der Waals surface area contributed by atoms with Gasteiger partial charge in [0.25, 0.3) is 0 Å². The molecule has 1 atom stereocenters. The third kappa shape index (κ3) is 2.64. The Kier molecular flexibility index (Phi) is 4.17. The number of nitrogens with one attached hydrogen (secondary N) is 1. The van der Waals surface area contributed by atoms with Gasteiger partial charge >= 0.3 is 0 Å². The second kappa shape index (κ2) is 5.65. The molecule has 1 aromatic carbocycles. The highest BCUT2D eigenvalue weighted by Crippen LogP contribution is 2.31. The van der Waals surface area contributed by atoms with Gasteiger partial charge in [-0.2, -0.15) is 0 Å². The van der Waals surface area contributed by atoms with Gasteiger partial charge in [0.1, 0.15) is 5.82 Å². The van der Waals surface area contributed by atoms with Crippen LogP contribution >= 0.6 is 23.2 Å². The Bertz CT molecular complexity index is 560. The minimum Gasteiger partial charge on any atom is -0.309 e. The van der Waals surface area contributed by atoms with Crippen LogP contribution < -0.4 is 5.32 Å². The van der Waals surface area contributed by atoms with E-state index in [4.69, 9.17) is 23.2 Å². The van der Waals surface area contributed by atoms with E-state index < -0.39 is 0 Å². The maximum atomic E-state index is 13.3. The summed E-state index contributed by atoms with van der Waals surface area (Å²) in [6, 6.07) is 5.77. The minimum atomic E-state index is -0.333. The van der Waals surface area contributed by atoms with Crippen LogP contribution in [0.25, 0.3) is 0 Å². The molecule has 0 aliphatic carbocycles. The van der Waals surface area contributed by atoms with Crippen molar-refractivity contribution in [2.45, 2.75) is 6.04 Å². The fraction of sp³-hybridized carbons (Fsp3) is 0.154. The lowest BCUT2D eigenvalue weighted by molar-refractivity contribution is 0.617. The van der Waals surface area contributed by atoms with E-state index in [-0.39, 0.29) is 11.9 Å². The van der Waals surface area contributed by atoms with E-state index in [9.17, 15) is 4.39 Å². The zero-order valence-corrected chi connectivity index (χ0v) is 11.1. The van der Waals surface area contributed by atoms with Gasteiger partial charge in [-0.3, -0.25) is 4.98 Å². The number of halogens is 3. The molecule has 0 amide bonds. The predicted molar refractivity (Wildman–Crippen MR) is 71.6 cm³/mol. The molecule has 0 bridgehead atoms. The maximum Gasteiger partial charge on any atom is 0.123 e.